The van der Waals surface area contributed by atoms with Crippen LogP contribution in [-0.4, -0.2) is 24.5 Å². The summed E-state index contributed by atoms with van der Waals surface area (Å²) in [5.41, 5.74) is 0. The Bertz CT molecular complexity index is 268. The molecule has 0 radical (unpaired) electrons. The predicted molar refractivity (Wildman–Crippen MR) is 140 cm³/mol. The van der Waals surface area contributed by atoms with E-state index in [9.17, 15) is 0 Å². The van der Waals surface area contributed by atoms with Gasteiger partial charge in [0.05, 0.1) is 0 Å². The molecule has 0 aliphatic heterocycles. The first kappa shape index (κ1) is 30.0. The van der Waals surface area contributed by atoms with E-state index in [2.05, 4.69) is 25.7 Å². The highest BCUT2D eigenvalue weighted by Crippen LogP contribution is 2.13. The molecule has 0 amide bonds. The lowest BCUT2D eigenvalue weighted by molar-refractivity contribution is 0.254. The Morgan fingerprint density at radius 3 is 0.700 bits per heavy atom. The maximum atomic E-state index is 2.82. The van der Waals surface area contributed by atoms with E-state index in [0.717, 1.165) is 0 Å². The SMILES string of the molecule is CCCCCCCCCCN(CCCCCCCCC)CCCCCCCCCC. The van der Waals surface area contributed by atoms with Crippen LogP contribution in [0.25, 0.3) is 0 Å². The highest BCUT2D eigenvalue weighted by atomic mass is 15.1. The third kappa shape index (κ3) is 24.2. The molecule has 0 saturated carbocycles. The smallest absolute Gasteiger partial charge is 0.00187 e. The molecule has 0 heterocycles. The van der Waals surface area contributed by atoms with Crippen LogP contribution in [0.4, 0.5) is 0 Å². The fourth-order valence-corrected chi connectivity index (χ4v) is 4.57. The summed E-state index contributed by atoms with van der Waals surface area (Å²) in [5.74, 6) is 0. The summed E-state index contributed by atoms with van der Waals surface area (Å²) in [4.78, 5) is 2.82. The van der Waals surface area contributed by atoms with Crippen molar-refractivity contribution in [3.05, 3.63) is 0 Å². The van der Waals surface area contributed by atoms with Gasteiger partial charge in [-0.25, -0.2) is 0 Å². The maximum absolute atomic E-state index is 2.82. The largest absolute Gasteiger partial charge is 0.303 e. The fraction of sp³-hybridized carbons (Fsp3) is 1.00. The van der Waals surface area contributed by atoms with E-state index in [0.29, 0.717) is 0 Å². The van der Waals surface area contributed by atoms with E-state index in [1.54, 1.807) is 0 Å². The van der Waals surface area contributed by atoms with Crippen molar-refractivity contribution in [2.75, 3.05) is 19.6 Å². The van der Waals surface area contributed by atoms with Crippen LogP contribution in [0, 0.1) is 0 Å². The Morgan fingerprint density at radius 2 is 0.467 bits per heavy atom. The number of hydrogen-bond acceptors (Lipinski definition) is 1. The van der Waals surface area contributed by atoms with Gasteiger partial charge >= 0.3 is 0 Å². The second-order valence-electron chi connectivity index (χ2n) is 9.91. The van der Waals surface area contributed by atoms with Crippen LogP contribution >= 0.6 is 0 Å². The molecule has 0 saturated heterocycles. The molecule has 0 aromatic heterocycles. The molecular formula is C29H61N. The summed E-state index contributed by atoms with van der Waals surface area (Å²) in [6.07, 6.45) is 33.2. The lowest BCUT2D eigenvalue weighted by Gasteiger charge is -2.22. The summed E-state index contributed by atoms with van der Waals surface area (Å²) in [7, 11) is 0. The van der Waals surface area contributed by atoms with Gasteiger partial charge in [0.2, 0.25) is 0 Å². The van der Waals surface area contributed by atoms with Gasteiger partial charge in [0.1, 0.15) is 0 Å². The van der Waals surface area contributed by atoms with Crippen LogP contribution in [0.2, 0.25) is 0 Å². The van der Waals surface area contributed by atoms with Crippen molar-refractivity contribution in [3.8, 4) is 0 Å². The quantitative estimate of drug-likeness (QED) is 0.125. The summed E-state index contributed by atoms with van der Waals surface area (Å²) in [6.45, 7) is 11.0. The van der Waals surface area contributed by atoms with Crippen LogP contribution in [-0.2, 0) is 0 Å². The number of rotatable bonds is 26. The molecule has 182 valence electrons. The fourth-order valence-electron chi connectivity index (χ4n) is 4.57. The van der Waals surface area contributed by atoms with Gasteiger partial charge in [-0.2, -0.15) is 0 Å². The Labute approximate surface area is 193 Å². The normalized spacial score (nSPS) is 11.6. The summed E-state index contributed by atoms with van der Waals surface area (Å²) < 4.78 is 0. The minimum Gasteiger partial charge on any atom is -0.303 e. The Kier molecular flexibility index (Phi) is 27.0. The van der Waals surface area contributed by atoms with Crippen molar-refractivity contribution < 1.29 is 0 Å². The lowest BCUT2D eigenvalue weighted by Crippen LogP contribution is -2.27. The first-order valence-electron chi connectivity index (χ1n) is 14.6. The highest BCUT2D eigenvalue weighted by Gasteiger charge is 2.05. The van der Waals surface area contributed by atoms with Crippen LogP contribution in [0.3, 0.4) is 0 Å². The molecule has 0 aromatic rings. The maximum Gasteiger partial charge on any atom is -0.00187 e. The van der Waals surface area contributed by atoms with Crippen molar-refractivity contribution in [1.29, 1.82) is 0 Å². The molecule has 0 rings (SSSR count). The molecule has 1 heteroatoms. The molecule has 30 heavy (non-hydrogen) atoms. The molecule has 0 N–H and O–H groups in total. The van der Waals surface area contributed by atoms with E-state index in [-0.39, 0.29) is 0 Å². The molecule has 0 fully saturated rings. The number of unbranched alkanes of at least 4 members (excludes halogenated alkanes) is 20. The monoisotopic (exact) mass is 423 g/mol. The van der Waals surface area contributed by atoms with Crippen molar-refractivity contribution in [2.45, 2.75) is 168 Å². The average Bonchev–Trinajstić information content (AvgIpc) is 2.76. The van der Waals surface area contributed by atoms with E-state index in [4.69, 9.17) is 0 Å². The van der Waals surface area contributed by atoms with E-state index in [1.807, 2.05) is 0 Å². The molecule has 0 unspecified atom stereocenters. The highest BCUT2D eigenvalue weighted by molar-refractivity contribution is 4.60. The minimum absolute atomic E-state index is 1.36. The molecule has 0 aromatic carbocycles. The second kappa shape index (κ2) is 27.0. The molecule has 0 atom stereocenters. The van der Waals surface area contributed by atoms with Gasteiger partial charge in [-0.3, -0.25) is 0 Å². The molecule has 0 aliphatic rings. The number of hydrogen-bond donors (Lipinski definition) is 0. The molecule has 0 bridgehead atoms. The summed E-state index contributed by atoms with van der Waals surface area (Å²) >= 11 is 0. The zero-order chi connectivity index (χ0) is 22.0. The zero-order valence-corrected chi connectivity index (χ0v) is 21.8. The number of nitrogens with zero attached hydrogens (tertiary/aromatic N) is 1. The predicted octanol–water partition coefficient (Wildman–Crippen LogP) is 10.3. The topological polar surface area (TPSA) is 3.24 Å². The lowest BCUT2D eigenvalue weighted by atomic mass is 10.1. The second-order valence-corrected chi connectivity index (χ2v) is 9.91. The van der Waals surface area contributed by atoms with Crippen LogP contribution < -0.4 is 0 Å². The first-order chi connectivity index (χ1) is 14.8. The van der Waals surface area contributed by atoms with E-state index < -0.39 is 0 Å². The van der Waals surface area contributed by atoms with Crippen molar-refractivity contribution in [3.63, 3.8) is 0 Å². The van der Waals surface area contributed by atoms with Crippen LogP contribution in [0.1, 0.15) is 168 Å². The Morgan fingerprint density at radius 1 is 0.267 bits per heavy atom. The standard InChI is InChI=1S/C29H61N/c1-4-7-10-13-16-19-22-25-28-30(27-24-21-18-15-12-9-6-3)29-26-23-20-17-14-11-8-5-2/h4-29H2,1-3H3. The first-order valence-corrected chi connectivity index (χ1v) is 14.6. The van der Waals surface area contributed by atoms with Crippen LogP contribution in [0.5, 0.6) is 0 Å². The van der Waals surface area contributed by atoms with Gasteiger partial charge in [-0.15, -0.1) is 0 Å². The molecule has 0 aliphatic carbocycles. The van der Waals surface area contributed by atoms with Crippen molar-refractivity contribution >= 4 is 0 Å². The van der Waals surface area contributed by atoms with Crippen molar-refractivity contribution in [1.82, 2.24) is 4.90 Å². The van der Waals surface area contributed by atoms with E-state index >= 15 is 0 Å². The van der Waals surface area contributed by atoms with Gasteiger partial charge in [-0.1, -0.05) is 149 Å². The summed E-state index contributed by atoms with van der Waals surface area (Å²) in [5, 5.41) is 0. The molecule has 0 spiro atoms. The third-order valence-corrected chi connectivity index (χ3v) is 6.73. The molecule has 1 nitrogen and oxygen atoms in total. The molecular weight excluding hydrogens is 362 g/mol. The zero-order valence-electron chi connectivity index (χ0n) is 21.8. The van der Waals surface area contributed by atoms with Crippen LogP contribution in [0.15, 0.2) is 0 Å². The minimum atomic E-state index is 1.36. The Balaban J connectivity index is 3.81. The summed E-state index contributed by atoms with van der Waals surface area (Å²) in [6, 6.07) is 0. The van der Waals surface area contributed by atoms with Gasteiger partial charge in [0.15, 0.2) is 0 Å². The van der Waals surface area contributed by atoms with Gasteiger partial charge in [-0.05, 0) is 38.9 Å². The average molecular weight is 424 g/mol. The van der Waals surface area contributed by atoms with Gasteiger partial charge in [0.25, 0.3) is 0 Å². The van der Waals surface area contributed by atoms with Crippen molar-refractivity contribution in [2.24, 2.45) is 0 Å². The van der Waals surface area contributed by atoms with E-state index in [1.165, 1.54) is 167 Å². The van der Waals surface area contributed by atoms with Gasteiger partial charge in [0, 0.05) is 0 Å². The third-order valence-electron chi connectivity index (χ3n) is 6.73. The Hall–Kier alpha value is -0.0400. The van der Waals surface area contributed by atoms with Gasteiger partial charge < -0.3 is 4.90 Å².